The number of aliphatic hydroxyl groups excluding tert-OH is 1. The summed E-state index contributed by atoms with van der Waals surface area (Å²) >= 11 is 0. The summed E-state index contributed by atoms with van der Waals surface area (Å²) in [5.74, 6) is -4.00. The van der Waals surface area contributed by atoms with Crippen molar-refractivity contribution < 1.29 is 53.0 Å². The summed E-state index contributed by atoms with van der Waals surface area (Å²) in [5.41, 5.74) is 0.653. The van der Waals surface area contributed by atoms with E-state index in [0.29, 0.717) is 5.56 Å². The zero-order chi connectivity index (χ0) is 22.7. The molecule has 14 heteroatoms. The highest BCUT2D eigenvalue weighted by molar-refractivity contribution is 7.46. The highest BCUT2D eigenvalue weighted by Crippen LogP contribution is 2.36. The largest absolute Gasteiger partial charge is 0.527 e. The summed E-state index contributed by atoms with van der Waals surface area (Å²) in [6.45, 7) is -1.21. The lowest BCUT2D eigenvalue weighted by atomic mass is 10.1. The van der Waals surface area contributed by atoms with E-state index in [0.717, 1.165) is 0 Å². The number of phosphoric acid groups is 1. The lowest BCUT2D eigenvalue weighted by molar-refractivity contribution is -0.142. The molecule has 0 radical (unpaired) electrons. The molecular weight excluding hydrogens is 427 g/mol. The third-order valence-corrected chi connectivity index (χ3v) is 3.88. The van der Waals surface area contributed by atoms with E-state index < -0.39 is 63.3 Å². The van der Waals surface area contributed by atoms with E-state index in [4.69, 9.17) is 24.7 Å². The molecule has 0 unspecified atom stereocenters. The Balaban J connectivity index is 2.75. The third kappa shape index (κ3) is 9.98. The number of hydrogen-bond donors (Lipinski definition) is 6. The lowest BCUT2D eigenvalue weighted by Crippen LogP contribution is -2.53. The highest BCUT2D eigenvalue weighted by atomic mass is 31.2. The van der Waals surface area contributed by atoms with Crippen LogP contribution in [-0.4, -0.2) is 62.6 Å². The van der Waals surface area contributed by atoms with Gasteiger partial charge in [0, 0.05) is 6.42 Å². The summed E-state index contributed by atoms with van der Waals surface area (Å²) in [6, 6.07) is 5.20. The number of aliphatic carboxylic acids is 1. The summed E-state index contributed by atoms with van der Waals surface area (Å²) in [7, 11) is -5.22. The first-order chi connectivity index (χ1) is 14.0. The van der Waals surface area contributed by atoms with Gasteiger partial charge in [0.15, 0.2) is 6.04 Å². The number of aliphatic hydroxyl groups is 1. The topological polar surface area (TPSA) is 209 Å². The Kier molecular flexibility index (Phi) is 9.92. The Morgan fingerprint density at radius 2 is 1.67 bits per heavy atom. The van der Waals surface area contributed by atoms with E-state index in [-0.39, 0.29) is 6.61 Å². The normalized spacial score (nSPS) is 12.9. The predicted octanol–water partition coefficient (Wildman–Crippen LogP) is -0.741. The van der Waals surface area contributed by atoms with Gasteiger partial charge in [-0.25, -0.2) is 14.2 Å². The SMILES string of the molecule is O=C(O)CC[C@H](NC(=O)OCc1ccccc1)C(=O)N[C@@H](CO)C(=O)OP(=O)(O)O. The average molecular weight is 448 g/mol. The molecule has 0 spiro atoms. The van der Waals surface area contributed by atoms with E-state index in [1.54, 1.807) is 30.3 Å². The molecule has 13 nitrogen and oxygen atoms in total. The fraction of sp³-hybridized carbons (Fsp3) is 0.375. The molecule has 0 aromatic heterocycles. The minimum atomic E-state index is -5.22. The van der Waals surface area contributed by atoms with Crippen LogP contribution in [0.25, 0.3) is 0 Å². The number of carbonyl (C=O) groups is 4. The number of carboxylic acids is 1. The van der Waals surface area contributed by atoms with Gasteiger partial charge in [0.25, 0.3) is 0 Å². The molecule has 2 atom stereocenters. The van der Waals surface area contributed by atoms with E-state index in [1.165, 1.54) is 0 Å². The number of amides is 2. The van der Waals surface area contributed by atoms with Crippen LogP contribution >= 0.6 is 7.82 Å². The second kappa shape index (κ2) is 11.9. The molecule has 6 N–H and O–H groups in total. The number of nitrogens with one attached hydrogen (secondary N) is 2. The van der Waals surface area contributed by atoms with E-state index >= 15 is 0 Å². The van der Waals surface area contributed by atoms with Gasteiger partial charge in [0.2, 0.25) is 5.91 Å². The van der Waals surface area contributed by atoms with Crippen molar-refractivity contribution in [1.82, 2.24) is 10.6 Å². The quantitative estimate of drug-likeness (QED) is 0.232. The Hall–Kier alpha value is -2.99. The molecule has 0 aliphatic rings. The molecule has 0 saturated heterocycles. The maximum atomic E-state index is 12.3. The van der Waals surface area contributed by atoms with Crippen molar-refractivity contribution in [3.63, 3.8) is 0 Å². The number of carboxylic acid groups (broad SMARTS) is 1. The fourth-order valence-corrected chi connectivity index (χ4v) is 2.44. The van der Waals surface area contributed by atoms with Crippen molar-refractivity contribution in [2.75, 3.05) is 6.61 Å². The molecule has 1 aromatic rings. The van der Waals surface area contributed by atoms with Gasteiger partial charge in [-0.2, -0.15) is 0 Å². The van der Waals surface area contributed by atoms with E-state index in [9.17, 15) is 23.7 Å². The summed E-state index contributed by atoms with van der Waals surface area (Å²) in [6.07, 6.45) is -1.98. The van der Waals surface area contributed by atoms with Crippen LogP contribution in [0, 0.1) is 0 Å². The monoisotopic (exact) mass is 448 g/mol. The van der Waals surface area contributed by atoms with Crippen molar-refractivity contribution in [2.24, 2.45) is 0 Å². The second-order valence-electron chi connectivity index (χ2n) is 5.84. The van der Waals surface area contributed by atoms with Crippen LogP contribution < -0.4 is 10.6 Å². The van der Waals surface area contributed by atoms with Crippen LogP contribution in [0.5, 0.6) is 0 Å². The third-order valence-electron chi connectivity index (χ3n) is 3.46. The molecule has 166 valence electrons. The molecule has 0 saturated carbocycles. The zero-order valence-electron chi connectivity index (χ0n) is 15.5. The van der Waals surface area contributed by atoms with Gasteiger partial charge in [-0.15, -0.1) is 0 Å². The Morgan fingerprint density at radius 1 is 1.03 bits per heavy atom. The van der Waals surface area contributed by atoms with Gasteiger partial charge in [-0.05, 0) is 12.0 Å². The van der Waals surface area contributed by atoms with Crippen LogP contribution in [0.3, 0.4) is 0 Å². The van der Waals surface area contributed by atoms with Crippen LogP contribution in [0.2, 0.25) is 0 Å². The maximum Gasteiger partial charge on any atom is 0.527 e. The summed E-state index contributed by atoms with van der Waals surface area (Å²) in [4.78, 5) is 63.9. The lowest BCUT2D eigenvalue weighted by Gasteiger charge is -2.21. The van der Waals surface area contributed by atoms with Crippen LogP contribution in [0.1, 0.15) is 18.4 Å². The molecule has 0 heterocycles. The Morgan fingerprint density at radius 3 is 2.20 bits per heavy atom. The number of alkyl carbamates (subject to hydrolysis) is 1. The molecule has 0 aliphatic carbocycles. The van der Waals surface area contributed by atoms with Crippen LogP contribution in [0.15, 0.2) is 30.3 Å². The van der Waals surface area contributed by atoms with E-state index in [2.05, 4.69) is 9.84 Å². The molecule has 1 aromatic carbocycles. The molecule has 0 bridgehead atoms. The van der Waals surface area contributed by atoms with Gasteiger partial charge >= 0.3 is 25.9 Å². The molecular formula is C16H21N2O11P. The Labute approximate surface area is 170 Å². The first-order valence-corrected chi connectivity index (χ1v) is 9.94. The number of hydrogen-bond acceptors (Lipinski definition) is 8. The van der Waals surface area contributed by atoms with Crippen LogP contribution in [-0.2, 0) is 34.8 Å². The number of rotatable bonds is 11. The fourth-order valence-electron chi connectivity index (χ4n) is 2.08. The molecule has 0 aliphatic heterocycles. The highest BCUT2D eigenvalue weighted by Gasteiger charge is 2.31. The number of phosphoric ester groups is 1. The van der Waals surface area contributed by atoms with Gasteiger partial charge in [0.1, 0.15) is 12.6 Å². The van der Waals surface area contributed by atoms with Gasteiger partial charge in [-0.1, -0.05) is 30.3 Å². The van der Waals surface area contributed by atoms with Gasteiger partial charge in [-0.3, -0.25) is 19.4 Å². The molecule has 30 heavy (non-hydrogen) atoms. The van der Waals surface area contributed by atoms with E-state index in [1.807, 2.05) is 5.32 Å². The molecule has 1 rings (SSSR count). The zero-order valence-corrected chi connectivity index (χ0v) is 16.4. The van der Waals surface area contributed by atoms with Gasteiger partial charge in [0.05, 0.1) is 6.61 Å². The average Bonchev–Trinajstić information content (AvgIpc) is 2.66. The summed E-state index contributed by atoms with van der Waals surface area (Å²) < 4.78 is 19.4. The first-order valence-electron chi connectivity index (χ1n) is 8.41. The maximum absolute atomic E-state index is 12.3. The van der Waals surface area contributed by atoms with Crippen molar-refractivity contribution >= 4 is 31.8 Å². The van der Waals surface area contributed by atoms with Crippen molar-refractivity contribution in [3.8, 4) is 0 Å². The minimum Gasteiger partial charge on any atom is -0.481 e. The number of benzene rings is 1. The number of carbonyl (C=O) groups excluding carboxylic acids is 3. The first kappa shape index (κ1) is 25.0. The second-order valence-corrected chi connectivity index (χ2v) is 7.00. The van der Waals surface area contributed by atoms with Crippen LogP contribution in [0.4, 0.5) is 4.79 Å². The van der Waals surface area contributed by atoms with Crippen molar-refractivity contribution in [2.45, 2.75) is 31.5 Å². The minimum absolute atomic E-state index is 0.131. The predicted molar refractivity (Wildman–Crippen MR) is 97.6 cm³/mol. The standard InChI is InChI=1S/C16H21N2O11P/c19-8-12(15(23)29-30(25,26)27)17-14(22)11(6-7-13(20)21)18-16(24)28-9-10-4-2-1-3-5-10/h1-5,11-12,19H,6-9H2,(H,17,22)(H,18,24)(H,20,21)(H2,25,26,27)/t11-,12-/m0/s1. The smallest absolute Gasteiger partial charge is 0.481 e. The van der Waals surface area contributed by atoms with Crippen molar-refractivity contribution in [1.29, 1.82) is 0 Å². The Bertz CT molecular complexity index is 796. The number of ether oxygens (including phenoxy) is 1. The molecule has 2 amide bonds. The van der Waals surface area contributed by atoms with Crippen molar-refractivity contribution in [3.05, 3.63) is 35.9 Å². The van der Waals surface area contributed by atoms with Gasteiger partial charge < -0.3 is 30.1 Å². The summed E-state index contributed by atoms with van der Waals surface area (Å²) in [5, 5.41) is 22.0. The molecule has 0 fully saturated rings.